The number of carbonyl (C=O) groups is 1. The Morgan fingerprint density at radius 2 is 1.68 bits per heavy atom. The Balaban J connectivity index is 1.24. The van der Waals surface area contributed by atoms with Gasteiger partial charge in [0.25, 0.3) is 5.91 Å². The van der Waals surface area contributed by atoms with E-state index in [-0.39, 0.29) is 34.8 Å². The molecule has 4 heterocycles. The zero-order chi connectivity index (χ0) is 28.9. The van der Waals surface area contributed by atoms with E-state index in [1.54, 1.807) is 18.3 Å². The quantitative estimate of drug-likeness (QED) is 0.305. The predicted octanol–water partition coefficient (Wildman–Crippen LogP) is 6.18. The Morgan fingerprint density at radius 1 is 1.00 bits per heavy atom. The molecule has 2 aromatic heterocycles. The summed E-state index contributed by atoms with van der Waals surface area (Å²) >= 11 is 1.43. The van der Waals surface area contributed by atoms with Crippen molar-refractivity contribution in [2.75, 3.05) is 18.4 Å². The summed E-state index contributed by atoms with van der Waals surface area (Å²) in [6.07, 6.45) is 1.68. The van der Waals surface area contributed by atoms with Crippen LogP contribution < -0.4 is 10.6 Å². The van der Waals surface area contributed by atoms with Crippen molar-refractivity contribution in [3.8, 4) is 10.6 Å². The Morgan fingerprint density at radius 3 is 2.37 bits per heavy atom. The van der Waals surface area contributed by atoms with Crippen molar-refractivity contribution in [2.45, 2.75) is 45.3 Å². The Bertz CT molecular complexity index is 1640. The summed E-state index contributed by atoms with van der Waals surface area (Å²) in [4.78, 5) is 29.8. The summed E-state index contributed by atoms with van der Waals surface area (Å²) in [5.41, 5.74) is 3.15. The van der Waals surface area contributed by atoms with Crippen LogP contribution in [-0.2, 0) is 6.54 Å². The molecule has 2 aromatic carbocycles. The van der Waals surface area contributed by atoms with Gasteiger partial charge in [-0.1, -0.05) is 6.07 Å². The molecule has 7 nitrogen and oxygen atoms in total. The predicted molar refractivity (Wildman–Crippen MR) is 158 cm³/mol. The lowest BCUT2D eigenvalue weighted by Crippen LogP contribution is -2.67. The number of piperazine rings is 1. The summed E-state index contributed by atoms with van der Waals surface area (Å²) in [5, 5.41) is 8.67. The lowest BCUT2D eigenvalue weighted by atomic mass is 9.91. The molecule has 0 spiro atoms. The lowest BCUT2D eigenvalue weighted by molar-refractivity contribution is 0.0472. The average molecular weight is 573 g/mol. The molecule has 2 aliphatic heterocycles. The third kappa shape index (κ3) is 5.37. The average Bonchev–Trinajstić information content (AvgIpc) is 3.33. The number of rotatable bonds is 4. The zero-order valence-corrected chi connectivity index (χ0v) is 24.1. The standard InChI is InChI=1S/C31H30F2N6OS/c1-30(2)16-39(17-31(3,4)38-30)28(40)18-8-10-20(11-9-18)36-29-35-15-19-14-34-26(24-22(32)6-5-7-23(24)33)21-12-13-41-27(21)25(19)37-29/h5-13,15,38H,14,16-17H2,1-4H3,(H,35,36,37). The molecule has 0 aliphatic carbocycles. The number of carbonyl (C=O) groups excluding carboxylic acids is 1. The van der Waals surface area contributed by atoms with Crippen LogP contribution in [0.15, 0.2) is 65.1 Å². The first-order valence-electron chi connectivity index (χ1n) is 13.4. The van der Waals surface area contributed by atoms with Gasteiger partial charge in [0.15, 0.2) is 0 Å². The number of aliphatic imine (C=N–C) groups is 1. The molecule has 1 fully saturated rings. The van der Waals surface area contributed by atoms with E-state index in [0.29, 0.717) is 35.9 Å². The maximum Gasteiger partial charge on any atom is 0.253 e. The minimum atomic E-state index is -0.661. The molecule has 2 aliphatic rings. The van der Waals surface area contributed by atoms with Gasteiger partial charge in [0.1, 0.15) is 11.6 Å². The van der Waals surface area contributed by atoms with Gasteiger partial charge in [-0.15, -0.1) is 11.3 Å². The number of benzene rings is 2. The van der Waals surface area contributed by atoms with Crippen LogP contribution in [0.1, 0.15) is 54.7 Å². The second-order valence-electron chi connectivity index (χ2n) is 11.7. The molecule has 0 saturated carbocycles. The monoisotopic (exact) mass is 572 g/mol. The number of fused-ring (bicyclic) bond motifs is 3. The van der Waals surface area contributed by atoms with Crippen LogP contribution >= 0.6 is 11.3 Å². The SMILES string of the molecule is CC1(C)CN(C(=O)c2ccc(Nc3ncc4c(n3)-c3sccc3C(c3c(F)cccc3F)=NC4)cc2)CC(C)(C)N1. The van der Waals surface area contributed by atoms with Gasteiger partial charge in [0.2, 0.25) is 5.95 Å². The third-order valence-corrected chi connectivity index (χ3v) is 8.05. The number of nitrogens with zero attached hydrogens (tertiary/aromatic N) is 4. The normalized spacial score (nSPS) is 17.2. The van der Waals surface area contributed by atoms with Crippen molar-refractivity contribution in [1.29, 1.82) is 0 Å². The molecule has 0 unspecified atom stereocenters. The van der Waals surface area contributed by atoms with Crippen LogP contribution in [0.2, 0.25) is 0 Å². The fraction of sp³-hybridized carbons (Fsp3) is 0.290. The van der Waals surface area contributed by atoms with Gasteiger partial charge < -0.3 is 15.5 Å². The van der Waals surface area contributed by atoms with Crippen molar-refractivity contribution in [2.24, 2.45) is 4.99 Å². The number of aromatic nitrogens is 2. The number of halogens is 2. The van der Waals surface area contributed by atoms with Gasteiger partial charge in [0, 0.05) is 52.7 Å². The molecular formula is C31H30F2N6OS. The minimum absolute atomic E-state index is 0.00667. The van der Waals surface area contributed by atoms with Crippen molar-refractivity contribution in [3.05, 3.63) is 94.0 Å². The summed E-state index contributed by atoms with van der Waals surface area (Å²) in [6.45, 7) is 9.85. The van der Waals surface area contributed by atoms with E-state index < -0.39 is 11.6 Å². The van der Waals surface area contributed by atoms with E-state index in [9.17, 15) is 13.6 Å². The highest BCUT2D eigenvalue weighted by molar-refractivity contribution is 7.14. The van der Waals surface area contributed by atoms with Crippen LogP contribution in [-0.4, -0.2) is 50.7 Å². The van der Waals surface area contributed by atoms with E-state index in [2.05, 4.69) is 48.3 Å². The molecule has 10 heteroatoms. The largest absolute Gasteiger partial charge is 0.335 e. The number of nitrogens with one attached hydrogen (secondary N) is 2. The molecular weight excluding hydrogens is 542 g/mol. The van der Waals surface area contributed by atoms with E-state index >= 15 is 0 Å². The number of anilines is 2. The van der Waals surface area contributed by atoms with Gasteiger partial charge in [-0.2, -0.15) is 0 Å². The third-order valence-electron chi connectivity index (χ3n) is 7.13. The highest BCUT2D eigenvalue weighted by atomic mass is 32.1. The zero-order valence-electron chi connectivity index (χ0n) is 23.3. The van der Waals surface area contributed by atoms with Crippen molar-refractivity contribution in [1.82, 2.24) is 20.2 Å². The lowest BCUT2D eigenvalue weighted by Gasteiger charge is -2.48. The Hall–Kier alpha value is -4.02. The topological polar surface area (TPSA) is 82.5 Å². The first-order valence-corrected chi connectivity index (χ1v) is 14.3. The van der Waals surface area contributed by atoms with Gasteiger partial charge in [0.05, 0.1) is 28.4 Å². The Kier molecular flexibility index (Phi) is 6.70. The fourth-order valence-electron chi connectivity index (χ4n) is 5.80. The van der Waals surface area contributed by atoms with Crippen LogP contribution in [0, 0.1) is 11.6 Å². The van der Waals surface area contributed by atoms with E-state index in [1.165, 1.54) is 29.5 Å². The van der Waals surface area contributed by atoms with Gasteiger partial charge in [-0.05, 0) is 75.5 Å². The van der Waals surface area contributed by atoms with Crippen LogP contribution in [0.3, 0.4) is 0 Å². The smallest absolute Gasteiger partial charge is 0.253 e. The minimum Gasteiger partial charge on any atom is -0.335 e. The first kappa shape index (κ1) is 27.2. The van der Waals surface area contributed by atoms with Gasteiger partial charge in [-0.25, -0.2) is 18.7 Å². The summed E-state index contributed by atoms with van der Waals surface area (Å²) in [6, 6.07) is 12.9. The highest BCUT2D eigenvalue weighted by Gasteiger charge is 2.38. The van der Waals surface area contributed by atoms with Gasteiger partial charge in [-0.3, -0.25) is 9.79 Å². The maximum absolute atomic E-state index is 14.7. The molecule has 0 bridgehead atoms. The molecule has 0 atom stereocenters. The molecule has 210 valence electrons. The maximum atomic E-state index is 14.7. The van der Waals surface area contributed by atoms with E-state index in [0.717, 1.165) is 16.1 Å². The summed E-state index contributed by atoms with van der Waals surface area (Å²) in [5.74, 6) is -0.959. The highest BCUT2D eigenvalue weighted by Crippen LogP contribution is 2.37. The van der Waals surface area contributed by atoms with Crippen molar-refractivity contribution < 1.29 is 13.6 Å². The van der Waals surface area contributed by atoms with Crippen LogP contribution in [0.4, 0.5) is 20.4 Å². The molecule has 2 N–H and O–H groups in total. The van der Waals surface area contributed by atoms with Gasteiger partial charge >= 0.3 is 0 Å². The Labute approximate surface area is 241 Å². The molecule has 6 rings (SSSR count). The number of hydrogen-bond donors (Lipinski definition) is 2. The first-order chi connectivity index (χ1) is 19.5. The number of amides is 1. The van der Waals surface area contributed by atoms with Crippen LogP contribution in [0.25, 0.3) is 10.6 Å². The molecule has 1 saturated heterocycles. The number of hydrogen-bond acceptors (Lipinski definition) is 7. The fourth-order valence-corrected chi connectivity index (χ4v) is 6.72. The summed E-state index contributed by atoms with van der Waals surface area (Å²) in [7, 11) is 0. The van der Waals surface area contributed by atoms with Crippen LogP contribution in [0.5, 0.6) is 0 Å². The van der Waals surface area contributed by atoms with Crippen molar-refractivity contribution in [3.63, 3.8) is 0 Å². The molecule has 0 radical (unpaired) electrons. The second-order valence-corrected chi connectivity index (χ2v) is 12.7. The summed E-state index contributed by atoms with van der Waals surface area (Å²) < 4.78 is 29.3. The molecule has 4 aromatic rings. The van der Waals surface area contributed by atoms with E-state index in [4.69, 9.17) is 4.98 Å². The molecule has 1 amide bonds. The molecule has 41 heavy (non-hydrogen) atoms. The second kappa shape index (κ2) is 10.1. The van der Waals surface area contributed by atoms with Crippen molar-refractivity contribution >= 4 is 34.6 Å². The number of thiophene rings is 1. The van der Waals surface area contributed by atoms with E-state index in [1.807, 2.05) is 28.5 Å².